The van der Waals surface area contributed by atoms with Gasteiger partial charge in [-0.2, -0.15) is 0 Å². The molecule has 1 heterocycles. The van der Waals surface area contributed by atoms with Gasteiger partial charge in [-0.25, -0.2) is 4.98 Å². The molecule has 0 unspecified atom stereocenters. The molecule has 0 fully saturated rings. The molecule has 0 saturated carbocycles. The molecule has 3 rings (SSSR count). The number of fused-ring (bicyclic) bond motifs is 1. The Morgan fingerprint density at radius 1 is 1.18 bits per heavy atom. The lowest BCUT2D eigenvalue weighted by molar-refractivity contribution is -0.856. The number of ether oxygens (including phenoxy) is 1. The summed E-state index contributed by atoms with van der Waals surface area (Å²) in [4.78, 5) is 20.8. The first kappa shape index (κ1) is 20.0. The maximum absolute atomic E-state index is 13.0. The van der Waals surface area contributed by atoms with Crippen molar-refractivity contribution in [3.05, 3.63) is 60.2 Å². The van der Waals surface area contributed by atoms with Crippen molar-refractivity contribution in [2.24, 2.45) is 0 Å². The molecule has 3 aromatic rings. The van der Waals surface area contributed by atoms with Crippen LogP contribution in [0.4, 0.5) is 5.13 Å². The monoisotopic (exact) mass is 396 g/mol. The van der Waals surface area contributed by atoms with Crippen LogP contribution in [-0.2, 0) is 4.79 Å². The van der Waals surface area contributed by atoms with Crippen LogP contribution >= 0.6 is 11.3 Å². The van der Waals surface area contributed by atoms with Crippen LogP contribution in [0.5, 0.6) is 5.75 Å². The summed E-state index contributed by atoms with van der Waals surface area (Å²) in [6.07, 6.45) is 3.46. The number of rotatable bonds is 8. The van der Waals surface area contributed by atoms with Gasteiger partial charge < -0.3 is 9.64 Å². The van der Waals surface area contributed by atoms with Crippen molar-refractivity contribution in [3.8, 4) is 5.75 Å². The predicted molar refractivity (Wildman–Crippen MR) is 116 cm³/mol. The zero-order chi connectivity index (χ0) is 19.9. The summed E-state index contributed by atoms with van der Waals surface area (Å²) in [6.45, 7) is 3.97. The highest BCUT2D eigenvalue weighted by atomic mass is 32.1. The number of anilines is 1. The lowest BCUT2D eigenvalue weighted by atomic mass is 10.2. The van der Waals surface area contributed by atoms with Gasteiger partial charge in [0, 0.05) is 6.08 Å². The number of quaternary nitrogens is 1. The molecule has 6 heteroatoms. The van der Waals surface area contributed by atoms with Crippen molar-refractivity contribution in [3.63, 3.8) is 0 Å². The molecule has 5 nitrogen and oxygen atoms in total. The Morgan fingerprint density at radius 2 is 1.96 bits per heavy atom. The number of thiazole rings is 1. The van der Waals surface area contributed by atoms with Crippen LogP contribution < -0.4 is 14.5 Å². The van der Waals surface area contributed by atoms with Crippen LogP contribution in [0.3, 0.4) is 0 Å². The van der Waals surface area contributed by atoms with Crippen molar-refractivity contribution < 1.29 is 14.4 Å². The Kier molecular flexibility index (Phi) is 6.79. The zero-order valence-electron chi connectivity index (χ0n) is 16.5. The van der Waals surface area contributed by atoms with Gasteiger partial charge in [0.15, 0.2) is 5.13 Å². The van der Waals surface area contributed by atoms with E-state index in [4.69, 9.17) is 9.72 Å². The molecule has 28 heavy (non-hydrogen) atoms. The van der Waals surface area contributed by atoms with E-state index >= 15 is 0 Å². The van der Waals surface area contributed by atoms with E-state index in [1.165, 1.54) is 16.2 Å². The summed E-state index contributed by atoms with van der Waals surface area (Å²) in [5.74, 6) is 0.690. The van der Waals surface area contributed by atoms with Gasteiger partial charge in [-0.1, -0.05) is 47.7 Å². The summed E-state index contributed by atoms with van der Waals surface area (Å²) in [5.41, 5.74) is 1.81. The Bertz CT molecular complexity index is 951. The van der Waals surface area contributed by atoms with Crippen LogP contribution in [-0.4, -0.2) is 44.7 Å². The fourth-order valence-corrected chi connectivity index (χ4v) is 3.77. The minimum Gasteiger partial charge on any atom is -0.492 e. The van der Waals surface area contributed by atoms with Crippen LogP contribution in [0, 0.1) is 0 Å². The highest BCUT2D eigenvalue weighted by Gasteiger charge is 2.20. The third kappa shape index (κ3) is 4.97. The average molecular weight is 397 g/mol. The van der Waals surface area contributed by atoms with E-state index in [-0.39, 0.29) is 5.91 Å². The summed E-state index contributed by atoms with van der Waals surface area (Å²) in [5, 5.41) is 0.700. The third-order valence-corrected chi connectivity index (χ3v) is 5.26. The van der Waals surface area contributed by atoms with E-state index in [1.54, 1.807) is 11.0 Å². The molecule has 0 bridgehead atoms. The molecule has 0 aliphatic carbocycles. The van der Waals surface area contributed by atoms with Gasteiger partial charge in [-0.15, -0.1) is 0 Å². The molecule has 0 aliphatic rings. The molecule has 0 aliphatic heterocycles. The predicted octanol–water partition coefficient (Wildman–Crippen LogP) is 2.89. The highest BCUT2D eigenvalue weighted by Crippen LogP contribution is 2.34. The molecule has 0 saturated heterocycles. The Labute approximate surface area is 169 Å². The summed E-state index contributed by atoms with van der Waals surface area (Å²) < 4.78 is 6.72. The first-order valence-corrected chi connectivity index (χ1v) is 10.3. The molecule has 1 N–H and O–H groups in total. The van der Waals surface area contributed by atoms with Gasteiger partial charge in [0.05, 0.1) is 38.5 Å². The summed E-state index contributed by atoms with van der Waals surface area (Å²) in [7, 11) is 4.15. The van der Waals surface area contributed by atoms with Crippen LogP contribution in [0.2, 0.25) is 0 Å². The Morgan fingerprint density at radius 3 is 2.68 bits per heavy atom. The summed E-state index contributed by atoms with van der Waals surface area (Å²) >= 11 is 1.52. The molecule has 146 valence electrons. The molecular weight excluding hydrogens is 370 g/mol. The van der Waals surface area contributed by atoms with Gasteiger partial charge in [0.2, 0.25) is 0 Å². The maximum atomic E-state index is 13.0. The van der Waals surface area contributed by atoms with Gasteiger partial charge in [-0.3, -0.25) is 9.69 Å². The van der Waals surface area contributed by atoms with Crippen LogP contribution in [0.25, 0.3) is 16.3 Å². The number of nitrogens with one attached hydrogen (secondary N) is 1. The molecule has 0 atom stereocenters. The molecule has 2 aromatic carbocycles. The van der Waals surface area contributed by atoms with Gasteiger partial charge in [-0.05, 0) is 30.7 Å². The van der Waals surface area contributed by atoms with Crippen molar-refractivity contribution in [1.82, 2.24) is 4.98 Å². The minimum absolute atomic E-state index is 0.0675. The van der Waals surface area contributed by atoms with E-state index in [0.29, 0.717) is 18.3 Å². The largest absolute Gasteiger partial charge is 0.492 e. The first-order valence-electron chi connectivity index (χ1n) is 9.44. The smallest absolute Gasteiger partial charge is 0.252 e. The van der Waals surface area contributed by atoms with Crippen molar-refractivity contribution in [1.29, 1.82) is 0 Å². The standard InChI is InChI=1S/C22H25N3O2S/c1-4-27-18-11-8-12-19-21(18)23-22(28-19)25(16-15-24(2)3)20(26)14-13-17-9-6-5-7-10-17/h5-14H,4,15-16H2,1-3H3/p+1/b14-13+. The van der Waals surface area contributed by atoms with Gasteiger partial charge in [0.25, 0.3) is 5.91 Å². The number of nitrogens with zero attached hydrogens (tertiary/aromatic N) is 2. The fraction of sp³-hybridized carbons (Fsp3) is 0.273. The fourth-order valence-electron chi connectivity index (χ4n) is 2.76. The van der Waals surface area contributed by atoms with E-state index in [2.05, 4.69) is 14.1 Å². The van der Waals surface area contributed by atoms with E-state index < -0.39 is 0 Å². The lowest BCUT2D eigenvalue weighted by Gasteiger charge is -2.19. The van der Waals surface area contributed by atoms with E-state index in [9.17, 15) is 4.79 Å². The van der Waals surface area contributed by atoms with Crippen molar-refractivity contribution >= 4 is 38.7 Å². The second-order valence-electron chi connectivity index (χ2n) is 6.72. The molecule has 0 radical (unpaired) electrons. The molecule has 1 amide bonds. The number of hydrogen-bond acceptors (Lipinski definition) is 4. The zero-order valence-corrected chi connectivity index (χ0v) is 17.3. The second kappa shape index (κ2) is 9.48. The number of carbonyl (C=O) groups excluding carboxylic acids is 1. The SMILES string of the molecule is CCOc1cccc2sc(N(CC[NH+](C)C)C(=O)/C=C/c3ccccc3)nc12. The number of likely N-dealkylation sites (N-methyl/N-ethyl adjacent to an activating group) is 1. The Hall–Kier alpha value is -2.70. The quantitative estimate of drug-likeness (QED) is 0.596. The molecule has 0 spiro atoms. The van der Waals surface area contributed by atoms with E-state index in [0.717, 1.165) is 28.1 Å². The van der Waals surface area contributed by atoms with Crippen LogP contribution in [0.15, 0.2) is 54.6 Å². The number of aromatic nitrogens is 1. The van der Waals surface area contributed by atoms with Gasteiger partial charge in [0.1, 0.15) is 11.3 Å². The highest BCUT2D eigenvalue weighted by molar-refractivity contribution is 7.22. The summed E-state index contributed by atoms with van der Waals surface area (Å²) in [6, 6.07) is 15.7. The van der Waals surface area contributed by atoms with Crippen molar-refractivity contribution in [2.45, 2.75) is 6.92 Å². The van der Waals surface area contributed by atoms with Gasteiger partial charge >= 0.3 is 0 Å². The molecular formula is C22H26N3O2S+. The van der Waals surface area contributed by atoms with E-state index in [1.807, 2.05) is 61.5 Å². The number of amides is 1. The lowest BCUT2D eigenvalue weighted by Crippen LogP contribution is -3.06. The number of para-hydroxylation sites is 1. The number of hydrogen-bond donors (Lipinski definition) is 1. The Balaban J connectivity index is 1.91. The second-order valence-corrected chi connectivity index (χ2v) is 7.73. The van der Waals surface area contributed by atoms with Crippen LogP contribution in [0.1, 0.15) is 12.5 Å². The maximum Gasteiger partial charge on any atom is 0.252 e. The number of carbonyl (C=O) groups is 1. The topological polar surface area (TPSA) is 46.9 Å². The third-order valence-electron chi connectivity index (χ3n) is 4.22. The first-order chi connectivity index (χ1) is 13.6. The number of benzene rings is 2. The average Bonchev–Trinajstić information content (AvgIpc) is 3.12. The normalized spacial score (nSPS) is 11.4. The minimum atomic E-state index is -0.0675. The molecule has 1 aromatic heterocycles. The van der Waals surface area contributed by atoms with Crippen molar-refractivity contribution in [2.75, 3.05) is 38.7 Å².